The van der Waals surface area contributed by atoms with E-state index in [0.29, 0.717) is 17.9 Å². The minimum Gasteiger partial charge on any atom is -0.497 e. The fourth-order valence-electron chi connectivity index (χ4n) is 2.41. The van der Waals surface area contributed by atoms with Crippen molar-refractivity contribution in [2.75, 3.05) is 11.8 Å². The summed E-state index contributed by atoms with van der Waals surface area (Å²) in [6.45, 7) is 2.21. The minimum absolute atomic E-state index is 0.149. The third-order valence-electron chi connectivity index (χ3n) is 3.84. The maximum Gasteiger partial charge on any atom is 0.265 e. The Morgan fingerprint density at radius 2 is 2.04 bits per heavy atom. The summed E-state index contributed by atoms with van der Waals surface area (Å²) in [6, 6.07) is 7.62. The Labute approximate surface area is 146 Å². The van der Waals surface area contributed by atoms with Gasteiger partial charge in [0.15, 0.2) is 0 Å². The summed E-state index contributed by atoms with van der Waals surface area (Å²) in [5.74, 6) is 0.762. The average molecular weight is 361 g/mol. The molecule has 2 aromatic heterocycles. The lowest BCUT2D eigenvalue weighted by Crippen LogP contribution is -2.13. The van der Waals surface area contributed by atoms with E-state index in [1.807, 2.05) is 24.3 Å². The topological polar surface area (TPSA) is 91.0 Å². The summed E-state index contributed by atoms with van der Waals surface area (Å²) in [4.78, 5) is 0.149. The number of benzene rings is 1. The van der Waals surface area contributed by atoms with Crippen LogP contribution in [-0.4, -0.2) is 35.1 Å². The zero-order valence-corrected chi connectivity index (χ0v) is 15.0. The van der Waals surface area contributed by atoms with Gasteiger partial charge in [0.2, 0.25) is 0 Å². The normalized spacial score (nSPS) is 11.5. The van der Waals surface area contributed by atoms with Crippen molar-refractivity contribution < 1.29 is 13.2 Å². The second kappa shape index (κ2) is 6.60. The zero-order chi connectivity index (χ0) is 18.0. The van der Waals surface area contributed by atoms with Crippen molar-refractivity contribution in [1.82, 2.24) is 19.6 Å². The lowest BCUT2D eigenvalue weighted by Gasteiger charge is -2.06. The van der Waals surface area contributed by atoms with Gasteiger partial charge in [-0.2, -0.15) is 10.2 Å². The van der Waals surface area contributed by atoms with Crippen molar-refractivity contribution in [3.05, 3.63) is 54.1 Å². The van der Waals surface area contributed by atoms with E-state index >= 15 is 0 Å². The number of nitrogens with one attached hydrogen (secondary N) is 1. The van der Waals surface area contributed by atoms with Crippen LogP contribution in [0.25, 0.3) is 0 Å². The number of sulfonamides is 1. The summed E-state index contributed by atoms with van der Waals surface area (Å²) in [5.41, 5.74) is 1.96. The van der Waals surface area contributed by atoms with E-state index < -0.39 is 10.0 Å². The molecule has 0 bridgehead atoms. The van der Waals surface area contributed by atoms with Gasteiger partial charge in [-0.15, -0.1) is 0 Å². The van der Waals surface area contributed by atoms with Crippen LogP contribution in [0.1, 0.15) is 11.3 Å². The minimum atomic E-state index is -3.70. The van der Waals surface area contributed by atoms with Gasteiger partial charge in [-0.05, 0) is 24.6 Å². The predicted octanol–water partition coefficient (Wildman–Crippen LogP) is 1.78. The molecule has 0 aliphatic rings. The first-order valence-corrected chi connectivity index (χ1v) is 9.04. The lowest BCUT2D eigenvalue weighted by molar-refractivity contribution is 0.414. The molecule has 0 aliphatic carbocycles. The number of nitrogens with zero attached hydrogens (tertiary/aromatic N) is 4. The molecule has 0 amide bonds. The molecule has 0 aliphatic heterocycles. The van der Waals surface area contributed by atoms with Crippen LogP contribution in [0.15, 0.2) is 47.8 Å². The van der Waals surface area contributed by atoms with Crippen LogP contribution in [0.2, 0.25) is 0 Å². The molecule has 3 aromatic rings. The van der Waals surface area contributed by atoms with Gasteiger partial charge < -0.3 is 4.74 Å². The van der Waals surface area contributed by atoms with E-state index in [-0.39, 0.29) is 4.90 Å². The smallest absolute Gasteiger partial charge is 0.265 e. The molecular weight excluding hydrogens is 342 g/mol. The van der Waals surface area contributed by atoms with E-state index in [9.17, 15) is 8.42 Å². The fourth-order valence-corrected chi connectivity index (χ4v) is 3.65. The number of hydrogen-bond acceptors (Lipinski definition) is 5. The summed E-state index contributed by atoms with van der Waals surface area (Å²) in [6.07, 6.45) is 4.45. The third-order valence-corrected chi connectivity index (χ3v) is 5.33. The van der Waals surface area contributed by atoms with Gasteiger partial charge in [-0.1, -0.05) is 12.1 Å². The second-order valence-corrected chi connectivity index (χ2v) is 7.25. The largest absolute Gasteiger partial charge is 0.497 e. The second-order valence-electron chi connectivity index (χ2n) is 5.60. The molecule has 0 unspecified atom stereocenters. The first-order valence-electron chi connectivity index (χ1n) is 7.56. The van der Waals surface area contributed by atoms with Crippen LogP contribution >= 0.6 is 0 Å². The van der Waals surface area contributed by atoms with Gasteiger partial charge in [0.1, 0.15) is 10.6 Å². The van der Waals surface area contributed by atoms with Gasteiger partial charge in [0.05, 0.1) is 37.4 Å². The molecule has 0 fully saturated rings. The molecule has 25 heavy (non-hydrogen) atoms. The summed E-state index contributed by atoms with van der Waals surface area (Å²) >= 11 is 0. The predicted molar refractivity (Wildman–Crippen MR) is 93.1 cm³/mol. The average Bonchev–Trinajstić information content (AvgIpc) is 3.14. The molecular formula is C16H19N5O3S. The van der Waals surface area contributed by atoms with Crippen LogP contribution in [0.4, 0.5) is 5.69 Å². The van der Waals surface area contributed by atoms with Crippen LogP contribution in [0.3, 0.4) is 0 Å². The third kappa shape index (κ3) is 3.66. The summed E-state index contributed by atoms with van der Waals surface area (Å²) in [5, 5.41) is 8.17. The van der Waals surface area contributed by atoms with Crippen molar-refractivity contribution in [3.8, 4) is 5.75 Å². The molecule has 132 valence electrons. The molecule has 3 rings (SSSR count). The van der Waals surface area contributed by atoms with E-state index in [1.54, 1.807) is 32.0 Å². The standard InChI is InChI=1S/C16H19N5O3S/c1-12-16(9-17-20(12)2)25(22,23)19-14-8-18-21(11-14)10-13-5-4-6-15(7-13)24-3/h4-9,11,19H,10H2,1-3H3. The Bertz CT molecular complexity index is 991. The first-order chi connectivity index (χ1) is 11.9. The molecule has 8 nitrogen and oxygen atoms in total. The van der Waals surface area contributed by atoms with Gasteiger partial charge in [-0.3, -0.25) is 14.1 Å². The highest BCUT2D eigenvalue weighted by Crippen LogP contribution is 2.19. The molecule has 0 saturated carbocycles. The number of aromatic nitrogens is 4. The Kier molecular flexibility index (Phi) is 4.49. The van der Waals surface area contributed by atoms with Crippen LogP contribution < -0.4 is 9.46 Å². The SMILES string of the molecule is COc1cccc(Cn2cc(NS(=O)(=O)c3cnn(C)c3C)cn2)c1. The Balaban J connectivity index is 1.76. The van der Waals surface area contributed by atoms with Crippen molar-refractivity contribution >= 4 is 15.7 Å². The first kappa shape index (κ1) is 17.0. The fraction of sp³-hybridized carbons (Fsp3) is 0.250. The Hall–Kier alpha value is -2.81. The van der Waals surface area contributed by atoms with Gasteiger partial charge in [-0.25, -0.2) is 8.42 Å². The maximum absolute atomic E-state index is 12.5. The van der Waals surface area contributed by atoms with E-state index in [0.717, 1.165) is 11.3 Å². The number of aryl methyl sites for hydroxylation is 1. The van der Waals surface area contributed by atoms with Crippen molar-refractivity contribution in [2.45, 2.75) is 18.4 Å². The van der Waals surface area contributed by atoms with E-state index in [2.05, 4.69) is 14.9 Å². The highest BCUT2D eigenvalue weighted by molar-refractivity contribution is 7.92. The highest BCUT2D eigenvalue weighted by atomic mass is 32.2. The molecule has 0 radical (unpaired) electrons. The zero-order valence-electron chi connectivity index (χ0n) is 14.2. The molecule has 9 heteroatoms. The molecule has 0 atom stereocenters. The Morgan fingerprint density at radius 3 is 2.72 bits per heavy atom. The van der Waals surface area contributed by atoms with Gasteiger partial charge >= 0.3 is 0 Å². The molecule has 1 aromatic carbocycles. The molecule has 0 spiro atoms. The monoisotopic (exact) mass is 361 g/mol. The molecule has 2 heterocycles. The van der Waals surface area contributed by atoms with Gasteiger partial charge in [0.25, 0.3) is 10.0 Å². The van der Waals surface area contributed by atoms with Crippen LogP contribution in [0.5, 0.6) is 5.75 Å². The number of methoxy groups -OCH3 is 1. The highest BCUT2D eigenvalue weighted by Gasteiger charge is 2.20. The quantitative estimate of drug-likeness (QED) is 0.723. The lowest BCUT2D eigenvalue weighted by atomic mass is 10.2. The summed E-state index contributed by atoms with van der Waals surface area (Å²) < 4.78 is 35.8. The van der Waals surface area contributed by atoms with E-state index in [4.69, 9.17) is 4.74 Å². The molecule has 1 N–H and O–H groups in total. The molecule has 0 saturated heterocycles. The van der Waals surface area contributed by atoms with E-state index in [1.165, 1.54) is 17.1 Å². The Morgan fingerprint density at radius 1 is 1.24 bits per heavy atom. The number of rotatable bonds is 6. The van der Waals surface area contributed by atoms with Crippen molar-refractivity contribution in [3.63, 3.8) is 0 Å². The number of hydrogen-bond donors (Lipinski definition) is 1. The maximum atomic E-state index is 12.5. The van der Waals surface area contributed by atoms with Crippen molar-refractivity contribution in [1.29, 1.82) is 0 Å². The van der Waals surface area contributed by atoms with Crippen LogP contribution in [0, 0.1) is 6.92 Å². The number of ether oxygens (including phenoxy) is 1. The van der Waals surface area contributed by atoms with Crippen molar-refractivity contribution in [2.24, 2.45) is 7.05 Å². The number of anilines is 1. The van der Waals surface area contributed by atoms with Gasteiger partial charge in [0, 0.05) is 13.2 Å². The van der Waals surface area contributed by atoms with Crippen LogP contribution in [-0.2, 0) is 23.6 Å². The summed E-state index contributed by atoms with van der Waals surface area (Å²) in [7, 11) is -0.394.